The summed E-state index contributed by atoms with van der Waals surface area (Å²) in [5.74, 6) is -0.996. The Morgan fingerprint density at radius 1 is 1.20 bits per heavy atom. The van der Waals surface area contributed by atoms with E-state index < -0.39 is 41.8 Å². The third-order valence-corrected chi connectivity index (χ3v) is 10.4. The van der Waals surface area contributed by atoms with Crippen molar-refractivity contribution in [2.45, 2.75) is 104 Å². The molecule has 2 fully saturated rings. The van der Waals surface area contributed by atoms with E-state index in [9.17, 15) is 24.6 Å². The molecule has 8 atom stereocenters. The normalized spacial score (nSPS) is 32.0. The van der Waals surface area contributed by atoms with Gasteiger partial charge in [0.2, 0.25) is 0 Å². The molecule has 2 unspecified atom stereocenters. The summed E-state index contributed by atoms with van der Waals surface area (Å²) < 4.78 is 16.4. The Kier molecular flexibility index (Phi) is 13.7. The third-order valence-electron chi connectivity index (χ3n) is 9.03. The largest absolute Gasteiger partial charge is 0.508 e. The van der Waals surface area contributed by atoms with Crippen LogP contribution in [0, 0.1) is 24.2 Å². The highest BCUT2D eigenvalue weighted by Crippen LogP contribution is 2.39. The highest BCUT2D eigenvalue weighted by atomic mass is 32.2. The van der Waals surface area contributed by atoms with E-state index in [1.54, 1.807) is 43.9 Å². The molecule has 1 aromatic rings. The van der Waals surface area contributed by atoms with E-state index in [2.05, 4.69) is 9.88 Å². The molecular formula is C32H50N2O8S2. The van der Waals surface area contributed by atoms with Crippen molar-refractivity contribution in [3.63, 3.8) is 0 Å². The highest BCUT2D eigenvalue weighted by molar-refractivity contribution is 7.98. The maximum Gasteiger partial charge on any atom is 0.508 e. The lowest BCUT2D eigenvalue weighted by atomic mass is 9.73. The Labute approximate surface area is 269 Å². The van der Waals surface area contributed by atoms with Crippen molar-refractivity contribution in [1.29, 1.82) is 0 Å². The lowest BCUT2D eigenvalue weighted by Gasteiger charge is -2.34. The van der Waals surface area contributed by atoms with Crippen LogP contribution in [-0.2, 0) is 23.8 Å². The lowest BCUT2D eigenvalue weighted by molar-refractivity contribution is -0.154. The molecule has 2 aliphatic heterocycles. The predicted octanol–water partition coefficient (Wildman–Crippen LogP) is 4.89. The van der Waals surface area contributed by atoms with E-state index in [1.165, 1.54) is 0 Å². The van der Waals surface area contributed by atoms with Gasteiger partial charge >= 0.3 is 12.1 Å². The Morgan fingerprint density at radius 2 is 1.91 bits per heavy atom. The van der Waals surface area contributed by atoms with Crippen LogP contribution >= 0.6 is 23.1 Å². The molecule has 3 rings (SSSR count). The molecule has 0 spiro atoms. The van der Waals surface area contributed by atoms with Crippen LogP contribution in [-0.4, -0.2) is 100 Å². The van der Waals surface area contributed by atoms with Gasteiger partial charge < -0.3 is 24.4 Å². The molecule has 0 aromatic carbocycles. The van der Waals surface area contributed by atoms with Gasteiger partial charge in [0, 0.05) is 42.1 Å². The summed E-state index contributed by atoms with van der Waals surface area (Å²) in [6, 6.07) is 0.266. The minimum atomic E-state index is -1.27. The molecule has 2 aliphatic rings. The second-order valence-corrected chi connectivity index (χ2v) is 14.7. The number of cyclic esters (lactones) is 1. The number of aliphatic hydroxyl groups excluding tert-OH is 2. The number of fused-ring (bicyclic) bond motifs is 1. The molecule has 0 aliphatic carbocycles. The fraction of sp³-hybridized carbons (Fsp3) is 0.750. The van der Waals surface area contributed by atoms with Crippen molar-refractivity contribution in [3.05, 3.63) is 21.7 Å². The fourth-order valence-corrected chi connectivity index (χ4v) is 6.84. The first kappa shape index (κ1) is 36.5. The number of carbonyl (C=O) groups is 3. The molecule has 0 saturated carbocycles. The lowest BCUT2D eigenvalue weighted by Crippen LogP contribution is -2.45. The van der Waals surface area contributed by atoms with Crippen LogP contribution in [0.5, 0.6) is 0 Å². The second-order valence-electron chi connectivity index (χ2n) is 12.7. The van der Waals surface area contributed by atoms with Crippen molar-refractivity contribution in [2.75, 3.05) is 31.8 Å². The Bertz CT molecular complexity index is 1160. The van der Waals surface area contributed by atoms with Crippen molar-refractivity contribution < 1.29 is 38.8 Å². The molecule has 12 heteroatoms. The summed E-state index contributed by atoms with van der Waals surface area (Å²) in [6.45, 7) is 11.7. The molecule has 1 aromatic heterocycles. The molecule has 2 saturated heterocycles. The van der Waals surface area contributed by atoms with Gasteiger partial charge in [0.05, 0.1) is 34.7 Å². The number of aryl methyl sites for hydroxylation is 1. The molecule has 3 heterocycles. The zero-order chi connectivity index (χ0) is 32.6. The quantitative estimate of drug-likeness (QED) is 0.225. The van der Waals surface area contributed by atoms with Crippen LogP contribution in [0.4, 0.5) is 4.79 Å². The number of carbonyl (C=O) groups excluding carboxylic acids is 3. The second kappa shape index (κ2) is 16.5. The minimum Gasteiger partial charge on any atom is -0.458 e. The van der Waals surface area contributed by atoms with Crippen molar-refractivity contribution >= 4 is 47.1 Å². The number of Topliss-reactive ketones (excluding diaryl/α,β-unsaturated/α-hetero) is 1. The number of aliphatic hydroxyl groups is 2. The maximum absolute atomic E-state index is 13.4. The number of thiazole rings is 1. The molecule has 0 amide bonds. The highest BCUT2D eigenvalue weighted by Gasteiger charge is 2.48. The van der Waals surface area contributed by atoms with Crippen LogP contribution in [0.1, 0.15) is 77.4 Å². The zero-order valence-electron chi connectivity index (χ0n) is 27.1. The smallest absolute Gasteiger partial charge is 0.458 e. The van der Waals surface area contributed by atoms with Gasteiger partial charge in [0.25, 0.3) is 0 Å². The van der Waals surface area contributed by atoms with Crippen LogP contribution in [0.2, 0.25) is 0 Å². The van der Waals surface area contributed by atoms with E-state index in [0.717, 1.165) is 35.5 Å². The predicted molar refractivity (Wildman–Crippen MR) is 173 cm³/mol. The Hall–Kier alpha value is -1.99. The van der Waals surface area contributed by atoms with Crippen LogP contribution in [0.3, 0.4) is 0 Å². The standard InChI is InChI=1S/C32H50N2O8S2/c1-19-9-8-10-24-25(34(24)11-12-40-31(39)41-13-14-43-7)16-26(20(2)15-23-18-44-22(4)33-23)42-28(36)17-27(35)32(5,6)30(38)21(3)29(19)37/h15,18-19,21,24-27,29,35,37H,8-14,16-17H2,1-7H3/b20-15+/t19-,21+,24+,25-,26?,27-,29-,34?/m0/s1. The summed E-state index contributed by atoms with van der Waals surface area (Å²) >= 11 is 3.12. The van der Waals surface area contributed by atoms with E-state index in [1.807, 2.05) is 38.5 Å². The number of rotatable bonds is 8. The number of esters is 1. The Balaban J connectivity index is 1.82. The first-order valence-corrected chi connectivity index (χ1v) is 17.8. The summed E-state index contributed by atoms with van der Waals surface area (Å²) in [4.78, 5) is 45.4. The number of ketones is 1. The average Bonchev–Trinajstić information content (AvgIpc) is 3.43. The fourth-order valence-electron chi connectivity index (χ4n) is 6.02. The topological polar surface area (TPSA) is 135 Å². The van der Waals surface area contributed by atoms with E-state index >= 15 is 0 Å². The summed E-state index contributed by atoms with van der Waals surface area (Å²) in [5, 5.41) is 24.9. The van der Waals surface area contributed by atoms with Crippen molar-refractivity contribution in [2.24, 2.45) is 17.3 Å². The summed E-state index contributed by atoms with van der Waals surface area (Å²) in [7, 11) is 0. The SMILES string of the molecule is CSCCOC(=O)OCCN1[C@@H]2CCC[C@H](C)[C@H](O)[C@@H](C)C(=O)C(C)(C)[C@@H](O)CC(=O)OC(/C(C)=C/c3csc(C)n3)C[C@@H]21. The van der Waals surface area contributed by atoms with E-state index in [0.29, 0.717) is 25.3 Å². The first-order valence-electron chi connectivity index (χ1n) is 15.5. The number of hydrogen-bond donors (Lipinski definition) is 2. The van der Waals surface area contributed by atoms with Crippen LogP contribution in [0.15, 0.2) is 11.0 Å². The van der Waals surface area contributed by atoms with Crippen LogP contribution in [0.25, 0.3) is 6.08 Å². The van der Waals surface area contributed by atoms with Crippen molar-refractivity contribution in [3.8, 4) is 0 Å². The molecule has 44 heavy (non-hydrogen) atoms. The van der Waals surface area contributed by atoms with Gasteiger partial charge in [-0.1, -0.05) is 34.1 Å². The molecule has 0 bridgehead atoms. The number of thioether (sulfide) groups is 1. The van der Waals surface area contributed by atoms with Gasteiger partial charge in [-0.3, -0.25) is 14.5 Å². The summed E-state index contributed by atoms with van der Waals surface area (Å²) in [6.07, 6.45) is 3.05. The van der Waals surface area contributed by atoms with Crippen LogP contribution < -0.4 is 0 Å². The number of ether oxygens (including phenoxy) is 3. The van der Waals surface area contributed by atoms with Gasteiger partial charge in [0.1, 0.15) is 25.1 Å². The number of aromatic nitrogens is 1. The first-order chi connectivity index (χ1) is 20.8. The minimum absolute atomic E-state index is 0.0828. The van der Waals surface area contributed by atoms with Gasteiger partial charge in [-0.15, -0.1) is 11.3 Å². The van der Waals surface area contributed by atoms with Gasteiger partial charge in [-0.25, -0.2) is 9.78 Å². The molecule has 10 nitrogen and oxygen atoms in total. The number of hydrogen-bond acceptors (Lipinski definition) is 12. The van der Waals surface area contributed by atoms with Gasteiger partial charge in [-0.2, -0.15) is 11.8 Å². The molecule has 2 N–H and O–H groups in total. The van der Waals surface area contributed by atoms with Crippen molar-refractivity contribution in [1.82, 2.24) is 9.88 Å². The molecular weight excluding hydrogens is 604 g/mol. The third kappa shape index (κ3) is 10.0. The molecule has 248 valence electrons. The van der Waals surface area contributed by atoms with Gasteiger partial charge in [0.15, 0.2) is 0 Å². The van der Waals surface area contributed by atoms with Gasteiger partial charge in [-0.05, 0) is 50.5 Å². The zero-order valence-corrected chi connectivity index (χ0v) is 28.7. The van der Waals surface area contributed by atoms with E-state index in [4.69, 9.17) is 14.2 Å². The monoisotopic (exact) mass is 654 g/mol. The summed E-state index contributed by atoms with van der Waals surface area (Å²) in [5.41, 5.74) is 0.377. The number of nitrogens with zero attached hydrogens (tertiary/aromatic N) is 2. The average molecular weight is 655 g/mol. The maximum atomic E-state index is 13.4. The van der Waals surface area contributed by atoms with E-state index in [-0.39, 0.29) is 36.8 Å². The Morgan fingerprint density at radius 3 is 2.57 bits per heavy atom. The molecule has 0 radical (unpaired) electrons.